The second-order valence-corrected chi connectivity index (χ2v) is 11.6. The monoisotopic (exact) mass is 538 g/mol. The van der Waals surface area contributed by atoms with Crippen LogP contribution in [0.25, 0.3) is 11.2 Å². The van der Waals surface area contributed by atoms with E-state index in [-0.39, 0.29) is 23.7 Å². The number of nitrogens with zero attached hydrogens (tertiary/aromatic N) is 4. The van der Waals surface area contributed by atoms with Crippen molar-refractivity contribution in [3.05, 3.63) is 41.9 Å². The van der Waals surface area contributed by atoms with E-state index in [4.69, 9.17) is 26.6 Å². The quantitative estimate of drug-likeness (QED) is 0.188. The second kappa shape index (κ2) is 9.95. The number of para-hydroxylation sites is 1. The van der Waals surface area contributed by atoms with E-state index < -0.39 is 43.2 Å². The number of carbonyl (C=O) groups excluding carboxylic acids is 1. The SMILES string of the molecule is COC(=O)C(C)NP(=O)(CC1(C)C[C@@H](n2cnc3c(N)nc(Cl)nc32)[C@H](O)[C@@H]1O)Oc1ccccc1. The molecule has 6 atom stereocenters. The summed E-state index contributed by atoms with van der Waals surface area (Å²) in [4.78, 5) is 24.4. The van der Waals surface area contributed by atoms with Crippen LogP contribution in [0.15, 0.2) is 36.7 Å². The maximum absolute atomic E-state index is 14.1. The Bertz CT molecular complexity index is 1310. The molecule has 3 unspecified atom stereocenters. The van der Waals surface area contributed by atoms with Crippen LogP contribution in [0.1, 0.15) is 26.3 Å². The number of rotatable bonds is 8. The topological polar surface area (TPSA) is 175 Å². The third-order valence-electron chi connectivity index (χ3n) is 6.40. The van der Waals surface area contributed by atoms with Gasteiger partial charge in [0.2, 0.25) is 5.28 Å². The second-order valence-electron chi connectivity index (χ2n) is 9.17. The molecule has 1 saturated carbocycles. The van der Waals surface area contributed by atoms with Crippen molar-refractivity contribution in [2.45, 2.75) is 44.6 Å². The lowest BCUT2D eigenvalue weighted by Crippen LogP contribution is -2.41. The average molecular weight is 539 g/mol. The summed E-state index contributed by atoms with van der Waals surface area (Å²) < 4.78 is 26.3. The molecule has 5 N–H and O–H groups in total. The zero-order valence-electron chi connectivity index (χ0n) is 19.9. The summed E-state index contributed by atoms with van der Waals surface area (Å²) in [6, 6.07) is 6.84. The van der Waals surface area contributed by atoms with Gasteiger partial charge in [0.25, 0.3) is 0 Å². The normalized spacial score (nSPS) is 26.4. The highest BCUT2D eigenvalue weighted by molar-refractivity contribution is 7.57. The van der Waals surface area contributed by atoms with E-state index in [0.717, 1.165) is 0 Å². The smallest absolute Gasteiger partial charge is 0.323 e. The highest BCUT2D eigenvalue weighted by Gasteiger charge is 2.54. The first-order valence-electron chi connectivity index (χ1n) is 11.2. The molecule has 2 aromatic heterocycles. The van der Waals surface area contributed by atoms with E-state index in [2.05, 4.69) is 20.0 Å². The predicted molar refractivity (Wildman–Crippen MR) is 133 cm³/mol. The molecule has 3 aromatic rings. The first-order chi connectivity index (χ1) is 17.0. The fourth-order valence-corrected chi connectivity index (χ4v) is 7.48. The van der Waals surface area contributed by atoms with Crippen LogP contribution in [0.4, 0.5) is 5.82 Å². The predicted octanol–water partition coefficient (Wildman–Crippen LogP) is 2.16. The summed E-state index contributed by atoms with van der Waals surface area (Å²) in [6.07, 6.45) is -1.13. The van der Waals surface area contributed by atoms with Crippen LogP contribution in [0.5, 0.6) is 5.75 Å². The molecule has 2 heterocycles. The number of halogens is 1. The molecule has 0 bridgehead atoms. The van der Waals surface area contributed by atoms with Gasteiger partial charge in [-0.15, -0.1) is 0 Å². The van der Waals surface area contributed by atoms with E-state index >= 15 is 0 Å². The molecule has 0 saturated heterocycles. The summed E-state index contributed by atoms with van der Waals surface area (Å²) in [5.74, 6) is -0.219. The standard InChI is InChI=1S/C22H28ClN6O6P/c1-12(20(32)34-3)28-36(33,35-13-7-5-4-6-8-13)10-22(2)9-14(16(30)17(22)31)29-11-25-15-18(24)26-21(23)27-19(15)29/h4-8,11-12,14,16-17,30-31H,9-10H2,1-3H3,(H,28,33)(H2,24,26,27)/t12?,14-,16+,17+,22?,36?/m1/s1. The van der Waals surface area contributed by atoms with Crippen molar-refractivity contribution in [3.63, 3.8) is 0 Å². The van der Waals surface area contributed by atoms with Crippen LogP contribution < -0.4 is 15.3 Å². The maximum Gasteiger partial charge on any atom is 0.323 e. The Morgan fingerprint density at radius 3 is 2.72 bits per heavy atom. The summed E-state index contributed by atoms with van der Waals surface area (Å²) in [6.45, 7) is 3.20. The Kier molecular flexibility index (Phi) is 7.27. The Labute approximate surface area is 212 Å². The fourth-order valence-electron chi connectivity index (χ4n) is 4.67. The Morgan fingerprint density at radius 1 is 1.36 bits per heavy atom. The van der Waals surface area contributed by atoms with Gasteiger partial charge in [-0.1, -0.05) is 25.1 Å². The minimum atomic E-state index is -3.82. The van der Waals surface area contributed by atoms with Gasteiger partial charge in [0, 0.05) is 5.41 Å². The van der Waals surface area contributed by atoms with Crippen molar-refractivity contribution in [3.8, 4) is 5.75 Å². The zero-order valence-corrected chi connectivity index (χ0v) is 21.6. The number of carbonyl (C=O) groups is 1. The number of hydrogen-bond acceptors (Lipinski definition) is 10. The van der Waals surface area contributed by atoms with Crippen LogP contribution >= 0.6 is 19.1 Å². The first-order valence-corrected chi connectivity index (χ1v) is 13.4. The van der Waals surface area contributed by atoms with Crippen molar-refractivity contribution in [1.29, 1.82) is 0 Å². The van der Waals surface area contributed by atoms with Crippen molar-refractivity contribution in [2.24, 2.45) is 5.41 Å². The number of anilines is 1. The molecule has 12 nitrogen and oxygen atoms in total. The molecule has 0 aliphatic heterocycles. The molecule has 0 radical (unpaired) electrons. The Hall–Kier alpha value is -2.76. The molecule has 0 amide bonds. The van der Waals surface area contributed by atoms with Crippen molar-refractivity contribution in [1.82, 2.24) is 24.6 Å². The van der Waals surface area contributed by atoms with Gasteiger partial charge in [-0.3, -0.25) is 9.36 Å². The molecule has 1 fully saturated rings. The molecule has 14 heteroatoms. The lowest BCUT2D eigenvalue weighted by atomic mass is 9.88. The number of aromatic nitrogens is 4. The van der Waals surface area contributed by atoms with Crippen LogP contribution in [0, 0.1) is 5.41 Å². The lowest BCUT2D eigenvalue weighted by molar-refractivity contribution is -0.142. The van der Waals surface area contributed by atoms with Gasteiger partial charge in [-0.25, -0.2) is 10.1 Å². The number of aliphatic hydroxyl groups is 2. The van der Waals surface area contributed by atoms with Crippen molar-refractivity contribution >= 4 is 42.1 Å². The summed E-state index contributed by atoms with van der Waals surface area (Å²) in [5.41, 5.74) is 5.41. The maximum atomic E-state index is 14.1. The Morgan fingerprint density at radius 2 is 2.06 bits per heavy atom. The van der Waals surface area contributed by atoms with Crippen LogP contribution in [0.2, 0.25) is 5.28 Å². The number of esters is 1. The molecule has 4 rings (SSSR count). The van der Waals surface area contributed by atoms with Gasteiger partial charge in [0.15, 0.2) is 11.5 Å². The summed E-state index contributed by atoms with van der Waals surface area (Å²) >= 11 is 5.98. The van der Waals surface area contributed by atoms with Crippen LogP contribution in [0.3, 0.4) is 0 Å². The van der Waals surface area contributed by atoms with E-state index in [1.165, 1.54) is 20.4 Å². The highest BCUT2D eigenvalue weighted by Crippen LogP contribution is 2.55. The largest absolute Gasteiger partial charge is 0.468 e. The summed E-state index contributed by atoms with van der Waals surface area (Å²) in [5, 5.41) is 24.8. The van der Waals surface area contributed by atoms with E-state index in [0.29, 0.717) is 16.9 Å². The lowest BCUT2D eigenvalue weighted by Gasteiger charge is -2.33. The number of nitrogens with two attached hydrogens (primary N) is 1. The molecule has 1 aliphatic rings. The number of nitrogens with one attached hydrogen (secondary N) is 1. The number of nitrogen functional groups attached to an aromatic ring is 1. The number of benzene rings is 1. The minimum Gasteiger partial charge on any atom is -0.468 e. The van der Waals surface area contributed by atoms with Gasteiger partial charge >= 0.3 is 13.5 Å². The molecule has 1 aliphatic carbocycles. The highest BCUT2D eigenvalue weighted by atomic mass is 35.5. The first kappa shape index (κ1) is 26.3. The number of hydrogen-bond donors (Lipinski definition) is 4. The molecular formula is C22H28ClN6O6P. The van der Waals surface area contributed by atoms with Gasteiger partial charge in [0.1, 0.15) is 23.4 Å². The van der Waals surface area contributed by atoms with E-state index in [1.807, 2.05) is 0 Å². The minimum absolute atomic E-state index is 0.0840. The zero-order chi connectivity index (χ0) is 26.3. The van der Waals surface area contributed by atoms with E-state index in [1.54, 1.807) is 41.8 Å². The molecule has 1 aromatic carbocycles. The molecular weight excluding hydrogens is 511 g/mol. The van der Waals surface area contributed by atoms with Gasteiger partial charge in [-0.05, 0) is 37.1 Å². The van der Waals surface area contributed by atoms with E-state index in [9.17, 15) is 19.6 Å². The Balaban J connectivity index is 1.67. The summed E-state index contributed by atoms with van der Waals surface area (Å²) in [7, 11) is -2.60. The number of aliphatic hydroxyl groups excluding tert-OH is 2. The number of fused-ring (bicyclic) bond motifs is 1. The van der Waals surface area contributed by atoms with Gasteiger partial charge in [-0.2, -0.15) is 9.97 Å². The average Bonchev–Trinajstić information content (AvgIpc) is 3.33. The third kappa shape index (κ3) is 5.05. The van der Waals surface area contributed by atoms with Crippen LogP contribution in [-0.4, -0.2) is 67.2 Å². The number of imidazole rings is 1. The number of ether oxygens (including phenoxy) is 1. The van der Waals surface area contributed by atoms with Gasteiger partial charge < -0.3 is 29.8 Å². The third-order valence-corrected chi connectivity index (χ3v) is 8.99. The number of methoxy groups -OCH3 is 1. The van der Waals surface area contributed by atoms with Crippen LogP contribution in [-0.2, 0) is 14.1 Å². The fraction of sp³-hybridized carbons (Fsp3) is 0.455. The van der Waals surface area contributed by atoms with Crippen molar-refractivity contribution in [2.75, 3.05) is 19.0 Å². The van der Waals surface area contributed by atoms with Crippen molar-refractivity contribution < 1.29 is 28.8 Å². The van der Waals surface area contributed by atoms with Gasteiger partial charge in [0.05, 0.1) is 31.7 Å². The molecule has 194 valence electrons. The molecule has 0 spiro atoms. The molecule has 36 heavy (non-hydrogen) atoms.